The molecule has 6 heteroatoms. The second kappa shape index (κ2) is 4.87. The molecule has 0 N–H and O–H groups in total. The Hall–Kier alpha value is -2.37. The topological polar surface area (TPSA) is 53.4 Å². The highest BCUT2D eigenvalue weighted by atomic mass is 19.1. The van der Waals surface area contributed by atoms with Crippen LogP contribution in [0.5, 0.6) is 5.88 Å². The summed E-state index contributed by atoms with van der Waals surface area (Å²) in [5.41, 5.74) is 0.252. The summed E-state index contributed by atoms with van der Waals surface area (Å²) in [5, 5.41) is 3.96. The Morgan fingerprint density at radius 1 is 1.33 bits per heavy atom. The zero-order chi connectivity index (χ0) is 13.1. The predicted molar refractivity (Wildman–Crippen MR) is 61.4 cm³/mol. The van der Waals surface area contributed by atoms with Crippen molar-refractivity contribution in [2.75, 3.05) is 14.2 Å². The monoisotopic (exact) mass is 250 g/mol. The summed E-state index contributed by atoms with van der Waals surface area (Å²) >= 11 is 0. The molecule has 1 aromatic carbocycles. The molecule has 0 amide bonds. The molecule has 0 radical (unpaired) electrons. The van der Waals surface area contributed by atoms with Gasteiger partial charge in [0.25, 0.3) is 0 Å². The van der Waals surface area contributed by atoms with E-state index in [1.807, 2.05) is 0 Å². The number of methoxy groups -OCH3 is 2. The molecule has 94 valence electrons. The van der Waals surface area contributed by atoms with Crippen molar-refractivity contribution < 1.29 is 18.7 Å². The first-order chi connectivity index (χ1) is 8.67. The summed E-state index contributed by atoms with van der Waals surface area (Å²) in [6, 6.07) is 7.45. The highest BCUT2D eigenvalue weighted by Crippen LogP contribution is 2.21. The van der Waals surface area contributed by atoms with E-state index in [9.17, 15) is 9.18 Å². The van der Waals surface area contributed by atoms with Gasteiger partial charge in [0, 0.05) is 6.07 Å². The summed E-state index contributed by atoms with van der Waals surface area (Å²) in [7, 11) is 2.66. The molecular formula is C12H11FN2O3. The third kappa shape index (κ3) is 2.04. The molecule has 0 aliphatic heterocycles. The zero-order valence-corrected chi connectivity index (χ0v) is 9.88. The second-order valence-electron chi connectivity index (χ2n) is 3.43. The van der Waals surface area contributed by atoms with Crippen LogP contribution < -0.4 is 4.74 Å². The summed E-state index contributed by atoms with van der Waals surface area (Å²) < 4.78 is 24.5. The number of para-hydroxylation sites is 1. The minimum absolute atomic E-state index is 0.0533. The fraction of sp³-hybridized carbons (Fsp3) is 0.167. The highest BCUT2D eigenvalue weighted by Gasteiger charge is 2.17. The number of nitrogens with zero attached hydrogens (tertiary/aromatic N) is 2. The average molecular weight is 250 g/mol. The molecule has 5 nitrogen and oxygen atoms in total. The third-order valence-corrected chi connectivity index (χ3v) is 2.36. The minimum Gasteiger partial charge on any atom is -0.481 e. The molecule has 0 saturated carbocycles. The van der Waals surface area contributed by atoms with E-state index >= 15 is 0 Å². The molecule has 2 rings (SSSR count). The van der Waals surface area contributed by atoms with Crippen molar-refractivity contribution in [3.8, 4) is 11.6 Å². The van der Waals surface area contributed by atoms with Crippen LogP contribution in [0.4, 0.5) is 4.39 Å². The molecule has 1 aromatic heterocycles. The molecular weight excluding hydrogens is 239 g/mol. The number of hydrogen-bond acceptors (Lipinski definition) is 4. The number of aromatic nitrogens is 2. The van der Waals surface area contributed by atoms with Gasteiger partial charge in [-0.2, -0.15) is 9.78 Å². The number of benzene rings is 1. The van der Waals surface area contributed by atoms with Crippen LogP contribution in [0, 0.1) is 5.82 Å². The van der Waals surface area contributed by atoms with Crippen molar-refractivity contribution in [3.63, 3.8) is 0 Å². The van der Waals surface area contributed by atoms with E-state index < -0.39 is 11.8 Å². The number of ether oxygens (including phenoxy) is 2. The van der Waals surface area contributed by atoms with Crippen molar-refractivity contribution in [1.29, 1.82) is 0 Å². The maximum Gasteiger partial charge on any atom is 0.358 e. The molecule has 0 aliphatic carbocycles. The van der Waals surface area contributed by atoms with Gasteiger partial charge in [-0.3, -0.25) is 0 Å². The summed E-state index contributed by atoms with van der Waals surface area (Å²) in [6.45, 7) is 0. The van der Waals surface area contributed by atoms with Gasteiger partial charge in [0.2, 0.25) is 5.88 Å². The fourth-order valence-electron chi connectivity index (χ4n) is 1.51. The molecule has 0 unspecified atom stereocenters. The Morgan fingerprint density at radius 3 is 2.67 bits per heavy atom. The normalized spacial score (nSPS) is 10.2. The van der Waals surface area contributed by atoms with E-state index in [1.165, 1.54) is 37.1 Å². The maximum absolute atomic E-state index is 13.7. The van der Waals surface area contributed by atoms with E-state index in [2.05, 4.69) is 9.84 Å². The van der Waals surface area contributed by atoms with Crippen LogP contribution in [0.15, 0.2) is 30.3 Å². The largest absolute Gasteiger partial charge is 0.481 e. The predicted octanol–water partition coefficient (Wildman–Crippen LogP) is 1.81. The molecule has 1 heterocycles. The molecule has 0 fully saturated rings. The summed E-state index contributed by atoms with van der Waals surface area (Å²) in [4.78, 5) is 11.4. The van der Waals surface area contributed by atoms with Crippen molar-refractivity contribution in [3.05, 3.63) is 41.8 Å². The molecule has 0 atom stereocenters. The number of carbonyl (C=O) groups is 1. The first kappa shape index (κ1) is 12.1. The maximum atomic E-state index is 13.7. The van der Waals surface area contributed by atoms with Crippen LogP contribution in [-0.4, -0.2) is 30.0 Å². The van der Waals surface area contributed by atoms with Gasteiger partial charge in [-0.05, 0) is 12.1 Å². The smallest absolute Gasteiger partial charge is 0.358 e. The number of rotatable bonds is 3. The van der Waals surface area contributed by atoms with E-state index in [0.717, 1.165) is 0 Å². The van der Waals surface area contributed by atoms with Crippen LogP contribution >= 0.6 is 0 Å². The highest BCUT2D eigenvalue weighted by molar-refractivity contribution is 5.87. The Bertz CT molecular complexity index is 580. The standard InChI is InChI=1S/C12H11FN2O3/c1-17-11-7-9(12(16)18-2)14-15(11)10-6-4-3-5-8(10)13/h3-7H,1-2H3. The Labute approximate surface area is 103 Å². The Kier molecular flexibility index (Phi) is 3.27. The first-order valence-electron chi connectivity index (χ1n) is 5.14. The van der Waals surface area contributed by atoms with Crippen molar-refractivity contribution in [2.45, 2.75) is 0 Å². The lowest BCUT2D eigenvalue weighted by Crippen LogP contribution is -2.05. The van der Waals surface area contributed by atoms with Gasteiger partial charge >= 0.3 is 5.97 Å². The third-order valence-electron chi connectivity index (χ3n) is 2.36. The second-order valence-corrected chi connectivity index (χ2v) is 3.43. The Morgan fingerprint density at radius 2 is 2.06 bits per heavy atom. The lowest BCUT2D eigenvalue weighted by Gasteiger charge is -2.06. The molecule has 0 bridgehead atoms. The molecule has 0 saturated heterocycles. The van der Waals surface area contributed by atoms with E-state index in [-0.39, 0.29) is 17.3 Å². The van der Waals surface area contributed by atoms with Gasteiger partial charge in [0.1, 0.15) is 11.5 Å². The van der Waals surface area contributed by atoms with E-state index in [4.69, 9.17) is 4.74 Å². The van der Waals surface area contributed by atoms with Crippen molar-refractivity contribution in [1.82, 2.24) is 9.78 Å². The van der Waals surface area contributed by atoms with Crippen LogP contribution in [-0.2, 0) is 4.74 Å². The van der Waals surface area contributed by atoms with Gasteiger partial charge in [-0.15, -0.1) is 0 Å². The van der Waals surface area contributed by atoms with Crippen molar-refractivity contribution >= 4 is 5.97 Å². The first-order valence-corrected chi connectivity index (χ1v) is 5.14. The molecule has 0 spiro atoms. The van der Waals surface area contributed by atoms with Gasteiger partial charge in [-0.25, -0.2) is 9.18 Å². The lowest BCUT2D eigenvalue weighted by molar-refractivity contribution is 0.0593. The number of esters is 1. The van der Waals surface area contributed by atoms with Gasteiger partial charge in [0.15, 0.2) is 5.69 Å². The summed E-state index contributed by atoms with van der Waals surface area (Å²) in [6.07, 6.45) is 0. The fourth-order valence-corrected chi connectivity index (χ4v) is 1.51. The zero-order valence-electron chi connectivity index (χ0n) is 9.88. The number of hydrogen-bond donors (Lipinski definition) is 0. The average Bonchev–Trinajstić information content (AvgIpc) is 2.82. The van der Waals surface area contributed by atoms with Gasteiger partial charge < -0.3 is 9.47 Å². The van der Waals surface area contributed by atoms with Crippen LogP contribution in [0.1, 0.15) is 10.5 Å². The lowest BCUT2D eigenvalue weighted by atomic mass is 10.3. The molecule has 2 aromatic rings. The van der Waals surface area contributed by atoms with E-state index in [0.29, 0.717) is 0 Å². The van der Waals surface area contributed by atoms with Gasteiger partial charge in [0.05, 0.1) is 14.2 Å². The number of carbonyl (C=O) groups excluding carboxylic acids is 1. The summed E-state index contributed by atoms with van der Waals surface area (Å²) in [5.74, 6) is -0.820. The molecule has 18 heavy (non-hydrogen) atoms. The van der Waals surface area contributed by atoms with Crippen LogP contribution in [0.2, 0.25) is 0 Å². The Balaban J connectivity index is 2.54. The quantitative estimate of drug-likeness (QED) is 0.779. The minimum atomic E-state index is -0.608. The van der Waals surface area contributed by atoms with Crippen LogP contribution in [0.25, 0.3) is 5.69 Å². The molecule has 0 aliphatic rings. The van der Waals surface area contributed by atoms with Gasteiger partial charge in [-0.1, -0.05) is 12.1 Å². The van der Waals surface area contributed by atoms with E-state index in [1.54, 1.807) is 12.1 Å². The SMILES string of the molecule is COC(=O)c1cc(OC)n(-c2ccccc2F)n1. The number of halogens is 1. The van der Waals surface area contributed by atoms with Crippen LogP contribution in [0.3, 0.4) is 0 Å². The van der Waals surface area contributed by atoms with Crippen molar-refractivity contribution in [2.24, 2.45) is 0 Å².